The monoisotopic (exact) mass is 266 g/mol. The average molecular weight is 266 g/mol. The van der Waals surface area contributed by atoms with Gasteiger partial charge in [0, 0.05) is 18.8 Å². The van der Waals surface area contributed by atoms with E-state index in [1.54, 1.807) is 0 Å². The number of aliphatic carboxylic acids is 1. The number of likely N-dealkylation sites (tertiary alicyclic amines) is 1. The van der Waals surface area contributed by atoms with Crippen molar-refractivity contribution in [3.05, 3.63) is 12.4 Å². The number of nitrogens with zero attached hydrogens (tertiary/aromatic N) is 3. The quantitative estimate of drug-likeness (QED) is 0.861. The van der Waals surface area contributed by atoms with E-state index in [0.717, 1.165) is 25.8 Å². The molecule has 7 nitrogen and oxygen atoms in total. The van der Waals surface area contributed by atoms with Crippen LogP contribution in [0.2, 0.25) is 0 Å². The molecule has 2 amide bonds. The molecule has 0 aliphatic carbocycles. The van der Waals surface area contributed by atoms with Gasteiger partial charge in [-0.3, -0.25) is 9.48 Å². The number of carbonyl (C=O) groups excluding carboxylic acids is 1. The predicted octanol–water partition coefficient (Wildman–Crippen LogP) is 1.37. The Bertz CT molecular complexity index is 471. The third kappa shape index (κ3) is 3.24. The summed E-state index contributed by atoms with van der Waals surface area (Å²) in [6, 6.07) is 0.160. The molecule has 1 aromatic heterocycles. The summed E-state index contributed by atoms with van der Waals surface area (Å²) < 4.78 is 1.28. The number of aromatic nitrogens is 2. The number of nitrogens with one attached hydrogen (secondary N) is 1. The molecule has 1 aromatic rings. The van der Waals surface area contributed by atoms with E-state index in [1.165, 1.54) is 17.1 Å². The Kier molecular flexibility index (Phi) is 4.03. The van der Waals surface area contributed by atoms with Crippen LogP contribution in [0.25, 0.3) is 0 Å². The van der Waals surface area contributed by atoms with Gasteiger partial charge in [-0.25, -0.2) is 4.79 Å². The number of carbonyl (C=O) groups is 2. The fraction of sp³-hybridized carbons (Fsp3) is 0.583. The van der Waals surface area contributed by atoms with Gasteiger partial charge in [0.25, 0.3) is 0 Å². The Labute approximate surface area is 111 Å². The number of hydrogen-bond donors (Lipinski definition) is 2. The van der Waals surface area contributed by atoms with Crippen LogP contribution in [-0.4, -0.2) is 44.4 Å². The molecule has 104 valence electrons. The number of carboxylic acid groups (broad SMARTS) is 1. The molecule has 1 atom stereocenters. The van der Waals surface area contributed by atoms with Gasteiger partial charge in [-0.1, -0.05) is 6.92 Å². The molecule has 19 heavy (non-hydrogen) atoms. The molecule has 1 saturated heterocycles. The molecule has 0 aromatic carbocycles. The molecule has 1 aliphatic heterocycles. The van der Waals surface area contributed by atoms with Crippen molar-refractivity contribution >= 4 is 17.7 Å². The zero-order chi connectivity index (χ0) is 13.8. The molecule has 0 spiro atoms. The first-order valence-electron chi connectivity index (χ1n) is 6.42. The maximum Gasteiger partial charge on any atom is 0.325 e. The largest absolute Gasteiger partial charge is 0.480 e. The lowest BCUT2D eigenvalue weighted by Gasteiger charge is -2.23. The minimum atomic E-state index is -0.966. The van der Waals surface area contributed by atoms with E-state index in [0.29, 0.717) is 11.7 Å². The fourth-order valence-corrected chi connectivity index (χ4v) is 2.38. The van der Waals surface area contributed by atoms with Crippen LogP contribution >= 0.6 is 0 Å². The minimum Gasteiger partial charge on any atom is -0.480 e. The molecule has 2 N–H and O–H groups in total. The van der Waals surface area contributed by atoms with Gasteiger partial charge in [0.05, 0.1) is 11.9 Å². The van der Waals surface area contributed by atoms with Crippen LogP contribution in [0.1, 0.15) is 26.2 Å². The Balaban J connectivity index is 1.95. The number of hydrogen-bond acceptors (Lipinski definition) is 3. The van der Waals surface area contributed by atoms with Gasteiger partial charge in [0.15, 0.2) is 0 Å². The molecule has 0 radical (unpaired) electrons. The van der Waals surface area contributed by atoms with Gasteiger partial charge in [-0.2, -0.15) is 5.10 Å². The summed E-state index contributed by atoms with van der Waals surface area (Å²) in [6.07, 6.45) is 6.00. The number of amides is 2. The lowest BCUT2D eigenvalue weighted by Crippen LogP contribution is -2.38. The normalized spacial score (nSPS) is 18.6. The smallest absolute Gasteiger partial charge is 0.325 e. The van der Waals surface area contributed by atoms with Gasteiger partial charge in [-0.15, -0.1) is 0 Å². The molecule has 1 fully saturated rings. The van der Waals surface area contributed by atoms with Gasteiger partial charge < -0.3 is 15.3 Å². The van der Waals surface area contributed by atoms with E-state index in [4.69, 9.17) is 5.11 Å². The molecule has 7 heteroatoms. The van der Waals surface area contributed by atoms with Gasteiger partial charge in [0.1, 0.15) is 6.54 Å². The second-order valence-corrected chi connectivity index (χ2v) is 4.65. The van der Waals surface area contributed by atoms with E-state index in [1.807, 2.05) is 4.90 Å². The molecule has 2 heterocycles. The maximum atomic E-state index is 12.1. The van der Waals surface area contributed by atoms with Crippen LogP contribution in [0.15, 0.2) is 12.4 Å². The van der Waals surface area contributed by atoms with E-state index in [-0.39, 0.29) is 12.6 Å². The average Bonchev–Trinajstić information content (AvgIpc) is 2.96. The van der Waals surface area contributed by atoms with Crippen molar-refractivity contribution < 1.29 is 14.7 Å². The molecule has 1 unspecified atom stereocenters. The predicted molar refractivity (Wildman–Crippen MR) is 68.9 cm³/mol. The van der Waals surface area contributed by atoms with Crippen molar-refractivity contribution in [3.8, 4) is 0 Å². The van der Waals surface area contributed by atoms with Crippen LogP contribution in [-0.2, 0) is 11.3 Å². The molecule has 0 bridgehead atoms. The van der Waals surface area contributed by atoms with Crippen LogP contribution in [0, 0.1) is 0 Å². The SMILES string of the molecule is CCC1CCCN1C(=O)Nc1cnn(CC(=O)O)c1. The Hall–Kier alpha value is -2.05. The number of rotatable bonds is 4. The van der Waals surface area contributed by atoms with Crippen LogP contribution in [0.5, 0.6) is 0 Å². The van der Waals surface area contributed by atoms with Crippen LogP contribution < -0.4 is 5.32 Å². The lowest BCUT2D eigenvalue weighted by atomic mass is 10.2. The highest BCUT2D eigenvalue weighted by atomic mass is 16.4. The zero-order valence-corrected chi connectivity index (χ0v) is 10.9. The van der Waals surface area contributed by atoms with E-state index >= 15 is 0 Å². The number of urea groups is 1. The first-order valence-corrected chi connectivity index (χ1v) is 6.42. The van der Waals surface area contributed by atoms with E-state index < -0.39 is 5.97 Å². The van der Waals surface area contributed by atoms with Crippen LogP contribution in [0.3, 0.4) is 0 Å². The standard InChI is InChI=1S/C12H18N4O3/c1-2-10-4-3-5-16(10)12(19)14-9-6-13-15(7-9)8-11(17)18/h6-7,10H,2-5,8H2,1H3,(H,14,19)(H,17,18). The summed E-state index contributed by atoms with van der Waals surface area (Å²) in [5.41, 5.74) is 0.521. The first-order chi connectivity index (χ1) is 9.10. The molecule has 2 rings (SSSR count). The highest BCUT2D eigenvalue weighted by Crippen LogP contribution is 2.20. The summed E-state index contributed by atoms with van der Waals surface area (Å²) in [4.78, 5) is 24.4. The van der Waals surface area contributed by atoms with Gasteiger partial charge >= 0.3 is 12.0 Å². The summed E-state index contributed by atoms with van der Waals surface area (Å²) in [6.45, 7) is 2.63. The summed E-state index contributed by atoms with van der Waals surface area (Å²) in [5.74, 6) is -0.966. The highest BCUT2D eigenvalue weighted by molar-refractivity contribution is 5.89. The van der Waals surface area contributed by atoms with E-state index in [2.05, 4.69) is 17.3 Å². The molecule has 1 aliphatic rings. The van der Waals surface area contributed by atoms with E-state index in [9.17, 15) is 9.59 Å². The minimum absolute atomic E-state index is 0.140. The van der Waals surface area contributed by atoms with Crippen molar-refractivity contribution in [3.63, 3.8) is 0 Å². The Morgan fingerprint density at radius 1 is 1.58 bits per heavy atom. The first kappa shape index (κ1) is 13.4. The van der Waals surface area contributed by atoms with Crippen molar-refractivity contribution in [1.29, 1.82) is 0 Å². The number of anilines is 1. The summed E-state index contributed by atoms with van der Waals surface area (Å²) >= 11 is 0. The summed E-state index contributed by atoms with van der Waals surface area (Å²) in [5, 5.41) is 15.3. The third-order valence-corrected chi connectivity index (χ3v) is 3.29. The fourth-order valence-electron chi connectivity index (χ4n) is 2.38. The highest BCUT2D eigenvalue weighted by Gasteiger charge is 2.27. The summed E-state index contributed by atoms with van der Waals surface area (Å²) in [7, 11) is 0. The van der Waals surface area contributed by atoms with Crippen molar-refractivity contribution in [1.82, 2.24) is 14.7 Å². The Morgan fingerprint density at radius 2 is 2.37 bits per heavy atom. The molecular formula is C12H18N4O3. The second kappa shape index (κ2) is 5.73. The third-order valence-electron chi connectivity index (χ3n) is 3.29. The number of carboxylic acids is 1. The van der Waals surface area contributed by atoms with Crippen molar-refractivity contribution in [2.75, 3.05) is 11.9 Å². The van der Waals surface area contributed by atoms with Gasteiger partial charge in [-0.05, 0) is 19.3 Å². The lowest BCUT2D eigenvalue weighted by molar-refractivity contribution is -0.137. The Morgan fingerprint density at radius 3 is 3.05 bits per heavy atom. The van der Waals surface area contributed by atoms with Crippen molar-refractivity contribution in [2.24, 2.45) is 0 Å². The second-order valence-electron chi connectivity index (χ2n) is 4.65. The van der Waals surface area contributed by atoms with Crippen molar-refractivity contribution in [2.45, 2.75) is 38.8 Å². The zero-order valence-electron chi connectivity index (χ0n) is 10.9. The topological polar surface area (TPSA) is 87.5 Å². The molecule has 0 saturated carbocycles. The van der Waals surface area contributed by atoms with Gasteiger partial charge in [0.2, 0.25) is 0 Å². The van der Waals surface area contributed by atoms with Crippen LogP contribution in [0.4, 0.5) is 10.5 Å². The maximum absolute atomic E-state index is 12.1. The molecular weight excluding hydrogens is 248 g/mol.